The molecule has 1 fully saturated rings. The summed E-state index contributed by atoms with van der Waals surface area (Å²) in [6, 6.07) is 7.36. The van der Waals surface area contributed by atoms with Crippen LogP contribution in [0.15, 0.2) is 41.9 Å². The number of fused-ring (bicyclic) bond motifs is 6. The van der Waals surface area contributed by atoms with Gasteiger partial charge in [-0.2, -0.15) is 0 Å². The van der Waals surface area contributed by atoms with E-state index in [1.54, 1.807) is 20.4 Å². The largest absolute Gasteiger partial charge is 0.464 e. The number of rotatable bonds is 8. The molecule has 4 atom stereocenters. The smallest absolute Gasteiger partial charge is 0.324 e. The molecule has 14 nitrogen and oxygen atoms in total. The first-order valence-corrected chi connectivity index (χ1v) is 20.6. The van der Waals surface area contributed by atoms with Crippen LogP contribution in [0, 0.1) is 11.3 Å². The molecule has 0 radical (unpaired) electrons. The van der Waals surface area contributed by atoms with E-state index in [1.165, 1.54) is 28.3 Å². The van der Waals surface area contributed by atoms with Gasteiger partial charge >= 0.3 is 12.0 Å². The van der Waals surface area contributed by atoms with E-state index < -0.39 is 47.4 Å². The lowest BCUT2D eigenvalue weighted by Crippen LogP contribution is -2.62. The number of thiazole rings is 1. The van der Waals surface area contributed by atoms with E-state index in [0.29, 0.717) is 37.4 Å². The highest BCUT2D eigenvalue weighted by atomic mass is 32.1. The van der Waals surface area contributed by atoms with Crippen LogP contribution in [0.2, 0.25) is 0 Å². The van der Waals surface area contributed by atoms with Crippen molar-refractivity contribution in [3.8, 4) is 22.5 Å². The number of urea groups is 1. The van der Waals surface area contributed by atoms with Crippen LogP contribution in [0.4, 0.5) is 4.79 Å². The summed E-state index contributed by atoms with van der Waals surface area (Å²) in [6.45, 7) is 13.2. The Morgan fingerprint density at radius 3 is 2.67 bits per heavy atom. The SMILES string of the molecule is CCn1c(-c2cccnc2[C@H](C)OC)c2c3cc(ccc31)-c1csc(n1)C[C@H](NC(=O)C(C(C)C)N(C)C(=O)NC)C(=O)N1CCC[C@H](N1)C(=O)OCC(C)(C)C2. The number of amides is 4. The predicted octanol–water partition coefficient (Wildman–Crippen LogP) is 5.50. The van der Waals surface area contributed by atoms with Crippen LogP contribution in [-0.4, -0.2) is 101 Å². The molecular weight excluding hydrogens is 745 g/mol. The third-order valence-corrected chi connectivity index (χ3v) is 11.9. The molecule has 306 valence electrons. The number of aromatic nitrogens is 3. The lowest BCUT2D eigenvalue weighted by Gasteiger charge is -2.36. The number of hydrogen-bond donors (Lipinski definition) is 3. The van der Waals surface area contributed by atoms with Gasteiger partial charge in [0, 0.05) is 79.7 Å². The van der Waals surface area contributed by atoms with Crippen molar-refractivity contribution >= 4 is 46.1 Å². The van der Waals surface area contributed by atoms with E-state index in [0.717, 1.165) is 44.7 Å². The van der Waals surface area contributed by atoms with Crippen molar-refractivity contribution in [2.24, 2.45) is 11.3 Å². The second-order valence-electron chi connectivity index (χ2n) is 16.1. The van der Waals surface area contributed by atoms with Crippen LogP contribution in [0.1, 0.15) is 76.8 Å². The molecule has 3 N–H and O–H groups in total. The van der Waals surface area contributed by atoms with E-state index in [4.69, 9.17) is 19.4 Å². The number of aryl methyl sites for hydroxylation is 1. The molecule has 0 saturated carbocycles. The third kappa shape index (κ3) is 8.70. The number of likely N-dealkylation sites (N-methyl/N-ethyl adjacent to an activating group) is 1. The highest BCUT2D eigenvalue weighted by Gasteiger charge is 2.38. The number of methoxy groups -OCH3 is 1. The van der Waals surface area contributed by atoms with Crippen molar-refractivity contribution in [2.75, 3.05) is 34.4 Å². The second-order valence-corrected chi connectivity index (χ2v) is 17.1. The van der Waals surface area contributed by atoms with Gasteiger partial charge in [-0.25, -0.2) is 15.2 Å². The van der Waals surface area contributed by atoms with Crippen molar-refractivity contribution in [2.45, 2.75) is 98.0 Å². The summed E-state index contributed by atoms with van der Waals surface area (Å²) in [5.41, 5.74) is 9.34. The first kappa shape index (κ1) is 41.8. The lowest BCUT2D eigenvalue weighted by molar-refractivity contribution is -0.155. The number of carbonyl (C=O) groups is 4. The van der Waals surface area contributed by atoms with E-state index in [1.807, 2.05) is 32.2 Å². The minimum atomic E-state index is -1.03. The Labute approximate surface area is 338 Å². The Balaban J connectivity index is 1.48. The molecule has 4 amide bonds. The lowest BCUT2D eigenvalue weighted by atomic mass is 9.84. The van der Waals surface area contributed by atoms with E-state index in [-0.39, 0.29) is 25.0 Å². The first-order chi connectivity index (χ1) is 27.2. The van der Waals surface area contributed by atoms with Gasteiger partial charge in [0.2, 0.25) is 5.91 Å². The summed E-state index contributed by atoms with van der Waals surface area (Å²) in [7, 11) is 4.75. The number of ether oxygens (including phenoxy) is 2. The Bertz CT molecular complexity index is 2130. The number of esters is 1. The monoisotopic (exact) mass is 800 g/mol. The maximum absolute atomic E-state index is 14.3. The fraction of sp³-hybridized carbons (Fsp3) is 0.524. The van der Waals surface area contributed by atoms with Crippen LogP contribution in [-0.2, 0) is 43.2 Å². The first-order valence-electron chi connectivity index (χ1n) is 19.7. The van der Waals surface area contributed by atoms with Crippen LogP contribution in [0.5, 0.6) is 0 Å². The van der Waals surface area contributed by atoms with Crippen molar-refractivity contribution < 1.29 is 28.7 Å². The van der Waals surface area contributed by atoms with Crippen LogP contribution < -0.4 is 16.1 Å². The summed E-state index contributed by atoms with van der Waals surface area (Å²) in [5.74, 6) is -1.56. The third-order valence-electron chi connectivity index (χ3n) is 11.0. The van der Waals surface area contributed by atoms with Crippen molar-refractivity contribution in [3.05, 3.63) is 58.2 Å². The van der Waals surface area contributed by atoms with Crippen molar-refractivity contribution in [1.82, 2.24) is 40.5 Å². The minimum Gasteiger partial charge on any atom is -0.464 e. The van der Waals surface area contributed by atoms with Crippen LogP contribution in [0.3, 0.4) is 0 Å². The van der Waals surface area contributed by atoms with E-state index in [9.17, 15) is 19.2 Å². The highest BCUT2D eigenvalue weighted by molar-refractivity contribution is 7.10. The normalized spacial score (nSPS) is 19.8. The van der Waals surface area contributed by atoms with Gasteiger partial charge in [0.15, 0.2) is 0 Å². The number of carbonyl (C=O) groups excluding carboxylic acids is 4. The zero-order valence-electron chi connectivity index (χ0n) is 34.5. The number of hydrogen-bond acceptors (Lipinski definition) is 10. The average molecular weight is 801 g/mol. The molecule has 6 bridgehead atoms. The zero-order chi connectivity index (χ0) is 41.2. The highest BCUT2D eigenvalue weighted by Crippen LogP contribution is 2.42. The summed E-state index contributed by atoms with van der Waals surface area (Å²) in [4.78, 5) is 65.8. The molecule has 4 aromatic rings. The summed E-state index contributed by atoms with van der Waals surface area (Å²) in [6.07, 6.45) is 3.30. The second kappa shape index (κ2) is 17.3. The molecule has 1 aromatic carbocycles. The Morgan fingerprint density at radius 2 is 1.96 bits per heavy atom. The molecule has 2 aliphatic rings. The van der Waals surface area contributed by atoms with E-state index in [2.05, 4.69) is 65.7 Å². The van der Waals surface area contributed by atoms with Gasteiger partial charge in [-0.1, -0.05) is 33.8 Å². The number of pyridine rings is 1. The minimum absolute atomic E-state index is 0.108. The Kier molecular flexibility index (Phi) is 12.7. The molecule has 1 saturated heterocycles. The number of nitrogens with zero attached hydrogens (tertiary/aromatic N) is 5. The molecule has 6 rings (SSSR count). The Hall–Kier alpha value is -4.86. The molecule has 3 aromatic heterocycles. The van der Waals surface area contributed by atoms with E-state index >= 15 is 0 Å². The van der Waals surface area contributed by atoms with Crippen LogP contribution >= 0.6 is 11.3 Å². The maximum Gasteiger partial charge on any atom is 0.324 e. The van der Waals surface area contributed by atoms with Gasteiger partial charge in [-0.15, -0.1) is 11.3 Å². The fourth-order valence-electron chi connectivity index (χ4n) is 8.05. The van der Waals surface area contributed by atoms with Gasteiger partial charge in [-0.05, 0) is 68.9 Å². The molecule has 1 unspecified atom stereocenters. The quantitative estimate of drug-likeness (QED) is 0.196. The fourth-order valence-corrected chi connectivity index (χ4v) is 8.90. The summed E-state index contributed by atoms with van der Waals surface area (Å²) < 4.78 is 14.2. The molecule has 5 heterocycles. The summed E-state index contributed by atoms with van der Waals surface area (Å²) in [5, 5.41) is 10.6. The topological polar surface area (TPSA) is 160 Å². The summed E-state index contributed by atoms with van der Waals surface area (Å²) >= 11 is 1.42. The molecule has 57 heavy (non-hydrogen) atoms. The predicted molar refractivity (Wildman–Crippen MR) is 220 cm³/mol. The zero-order valence-corrected chi connectivity index (χ0v) is 35.3. The van der Waals surface area contributed by atoms with Crippen molar-refractivity contribution in [3.63, 3.8) is 0 Å². The van der Waals surface area contributed by atoms with Gasteiger partial charge in [-0.3, -0.25) is 24.4 Å². The number of nitrogens with one attached hydrogen (secondary N) is 3. The number of hydrazine groups is 1. The molecule has 15 heteroatoms. The molecule has 0 aliphatic carbocycles. The van der Waals surface area contributed by atoms with Gasteiger partial charge in [0.1, 0.15) is 18.1 Å². The maximum atomic E-state index is 14.3. The Morgan fingerprint density at radius 1 is 1.19 bits per heavy atom. The molecule has 2 aliphatic heterocycles. The van der Waals surface area contributed by atoms with Gasteiger partial charge in [0.05, 0.1) is 34.8 Å². The standard InChI is InChI=1S/C42H56N8O6S/c1-10-49-33-16-15-26-19-28(33)29(37(49)27-13-11-17-44-35(27)25(4)55-9)21-42(5,6)23-56-40(53)30-14-12-18-50(47-30)39(52)31(20-34-45-32(26)22-57-34)46-38(51)36(24(2)3)48(8)41(54)43-7/h11,13,15-17,19,22,24-25,30-31,36,47H,10,12,14,18,20-21,23H2,1-9H3,(H,43,54)(H,46,51)/t25-,30-,31-,36?/m0/s1. The molecular formula is C42H56N8O6S. The van der Waals surface area contributed by atoms with Gasteiger partial charge < -0.3 is 29.6 Å². The average Bonchev–Trinajstić information content (AvgIpc) is 3.79. The van der Waals surface area contributed by atoms with Crippen molar-refractivity contribution in [1.29, 1.82) is 0 Å². The van der Waals surface area contributed by atoms with Crippen LogP contribution in [0.25, 0.3) is 33.4 Å². The van der Waals surface area contributed by atoms with Gasteiger partial charge in [0.25, 0.3) is 5.91 Å². The number of benzene rings is 1. The molecule has 0 spiro atoms. The number of cyclic esters (lactones) is 1.